The van der Waals surface area contributed by atoms with Crippen molar-refractivity contribution in [3.05, 3.63) is 42.2 Å². The van der Waals surface area contributed by atoms with E-state index in [2.05, 4.69) is 50.7 Å². The molecule has 4 heterocycles. The van der Waals surface area contributed by atoms with E-state index in [-0.39, 0.29) is 11.9 Å². The van der Waals surface area contributed by atoms with Crippen molar-refractivity contribution in [2.75, 3.05) is 25.5 Å². The molecule has 1 aromatic carbocycles. The first-order valence-electron chi connectivity index (χ1n) is 11.3. The normalized spacial score (nSPS) is 18.6. The predicted molar refractivity (Wildman–Crippen MR) is 123 cm³/mol. The third kappa shape index (κ3) is 2.92. The van der Waals surface area contributed by atoms with Crippen molar-refractivity contribution in [1.82, 2.24) is 29.0 Å². The molecule has 2 aliphatic rings. The number of rotatable bonds is 4. The van der Waals surface area contributed by atoms with Gasteiger partial charge in [0.1, 0.15) is 11.3 Å². The van der Waals surface area contributed by atoms with Crippen LogP contribution in [0.25, 0.3) is 27.7 Å². The average Bonchev–Trinajstić information content (AvgIpc) is 3.25. The van der Waals surface area contributed by atoms with Crippen molar-refractivity contribution >= 4 is 22.5 Å². The Labute approximate surface area is 186 Å². The molecule has 7 nitrogen and oxygen atoms in total. The van der Waals surface area contributed by atoms with Gasteiger partial charge in [0, 0.05) is 36.9 Å². The number of hydrogen-bond donors (Lipinski definition) is 1. The highest BCUT2D eigenvalue weighted by molar-refractivity contribution is 5.88. The fourth-order valence-corrected chi connectivity index (χ4v) is 5.91. The number of benzene rings is 1. The van der Waals surface area contributed by atoms with Crippen molar-refractivity contribution in [3.63, 3.8) is 0 Å². The fraction of sp³-hybridized carbons (Fsp3) is 0.458. The summed E-state index contributed by atoms with van der Waals surface area (Å²) >= 11 is 0. The highest BCUT2D eigenvalue weighted by Gasteiger charge is 2.51. The van der Waals surface area contributed by atoms with Gasteiger partial charge in [0.15, 0.2) is 5.82 Å². The molecular formula is C24H28FN7. The fourth-order valence-electron chi connectivity index (χ4n) is 5.91. The van der Waals surface area contributed by atoms with Crippen molar-refractivity contribution in [2.24, 2.45) is 5.41 Å². The highest BCUT2D eigenvalue weighted by Crippen LogP contribution is 2.48. The van der Waals surface area contributed by atoms with Gasteiger partial charge in [-0.1, -0.05) is 0 Å². The predicted octanol–water partition coefficient (Wildman–Crippen LogP) is 4.28. The molecule has 1 aliphatic heterocycles. The molecule has 4 aromatic rings. The third-order valence-electron chi connectivity index (χ3n) is 7.07. The topological polar surface area (TPSA) is 63.3 Å². The van der Waals surface area contributed by atoms with Gasteiger partial charge in [0.2, 0.25) is 5.95 Å². The van der Waals surface area contributed by atoms with Crippen LogP contribution in [0, 0.1) is 18.2 Å². The number of nitrogens with one attached hydrogen (secondary N) is 1. The van der Waals surface area contributed by atoms with Crippen LogP contribution >= 0.6 is 0 Å². The molecule has 6 rings (SSSR count). The molecule has 1 saturated carbocycles. The molecule has 1 aliphatic carbocycles. The maximum Gasteiger partial charge on any atom is 0.241 e. The van der Waals surface area contributed by atoms with Gasteiger partial charge in [0.05, 0.1) is 17.2 Å². The number of halogens is 1. The van der Waals surface area contributed by atoms with Crippen molar-refractivity contribution in [2.45, 2.75) is 45.7 Å². The second-order valence-electron chi connectivity index (χ2n) is 10.0. The summed E-state index contributed by atoms with van der Waals surface area (Å²) in [7, 11) is 2.17. The molecular weight excluding hydrogens is 405 g/mol. The molecule has 0 radical (unpaired) electrons. The maximum absolute atomic E-state index is 14.9. The largest absolute Gasteiger partial charge is 0.350 e. The standard InChI is InChI=1S/C24H28FN7/c1-14(2)32-15(3)27-22-19(25)7-16(8-20(22)32)18-5-6-31-21(18)11-26-23(29-31)28-17-9-24(10-17)12-30(4)13-24/h5-8,11,14,17H,9-10,12-13H2,1-4H3,(H,28,29). The molecule has 3 aromatic heterocycles. The molecule has 2 fully saturated rings. The summed E-state index contributed by atoms with van der Waals surface area (Å²) in [6, 6.07) is 6.18. The molecule has 0 unspecified atom stereocenters. The van der Waals surface area contributed by atoms with E-state index in [4.69, 9.17) is 0 Å². The van der Waals surface area contributed by atoms with E-state index in [1.807, 2.05) is 36.0 Å². The van der Waals surface area contributed by atoms with Gasteiger partial charge in [-0.15, -0.1) is 5.10 Å². The second-order valence-corrected chi connectivity index (χ2v) is 10.0. The highest BCUT2D eigenvalue weighted by atomic mass is 19.1. The van der Waals surface area contributed by atoms with Gasteiger partial charge in [0.25, 0.3) is 0 Å². The van der Waals surface area contributed by atoms with E-state index >= 15 is 0 Å². The van der Waals surface area contributed by atoms with Gasteiger partial charge in [-0.25, -0.2) is 18.9 Å². The lowest BCUT2D eigenvalue weighted by molar-refractivity contribution is -0.0514. The first-order valence-corrected chi connectivity index (χ1v) is 11.3. The lowest BCUT2D eigenvalue weighted by Crippen LogP contribution is -2.63. The van der Waals surface area contributed by atoms with Gasteiger partial charge in [-0.05, 0) is 69.8 Å². The summed E-state index contributed by atoms with van der Waals surface area (Å²) in [5, 5.41) is 8.14. The lowest BCUT2D eigenvalue weighted by atomic mass is 9.61. The molecule has 0 amide bonds. The second kappa shape index (κ2) is 6.75. The van der Waals surface area contributed by atoms with Crippen LogP contribution in [0.3, 0.4) is 0 Å². The van der Waals surface area contributed by atoms with E-state index in [1.54, 1.807) is 6.07 Å². The molecule has 0 atom stereocenters. The maximum atomic E-state index is 14.9. The van der Waals surface area contributed by atoms with Crippen LogP contribution in [0.2, 0.25) is 0 Å². The minimum atomic E-state index is -0.306. The molecule has 1 spiro atoms. The summed E-state index contributed by atoms with van der Waals surface area (Å²) in [4.78, 5) is 11.4. The summed E-state index contributed by atoms with van der Waals surface area (Å²) in [6.07, 6.45) is 6.09. The van der Waals surface area contributed by atoms with E-state index in [0.717, 1.165) is 28.0 Å². The average molecular weight is 434 g/mol. The Kier molecular flexibility index (Phi) is 4.15. The summed E-state index contributed by atoms with van der Waals surface area (Å²) in [5.74, 6) is 1.15. The molecule has 32 heavy (non-hydrogen) atoms. The number of hydrogen-bond acceptors (Lipinski definition) is 5. The number of imidazole rings is 1. The van der Waals surface area contributed by atoms with Crippen LogP contribution in [0.4, 0.5) is 10.3 Å². The lowest BCUT2D eigenvalue weighted by Gasteiger charge is -2.58. The first kappa shape index (κ1) is 19.7. The number of nitrogens with zero attached hydrogens (tertiary/aromatic N) is 6. The third-order valence-corrected chi connectivity index (χ3v) is 7.07. The van der Waals surface area contributed by atoms with Crippen LogP contribution in [-0.2, 0) is 0 Å². The number of aryl methyl sites for hydroxylation is 1. The van der Waals surface area contributed by atoms with Gasteiger partial charge in [-0.2, -0.15) is 0 Å². The number of fused-ring (bicyclic) bond motifs is 2. The van der Waals surface area contributed by atoms with Gasteiger partial charge >= 0.3 is 0 Å². The van der Waals surface area contributed by atoms with Gasteiger partial charge in [-0.3, -0.25) is 0 Å². The minimum Gasteiger partial charge on any atom is -0.350 e. The van der Waals surface area contributed by atoms with Crippen molar-refractivity contribution in [1.29, 1.82) is 0 Å². The Morgan fingerprint density at radius 1 is 1.19 bits per heavy atom. The number of likely N-dealkylation sites (tertiary alicyclic amines) is 1. The molecule has 1 saturated heterocycles. The van der Waals surface area contributed by atoms with Crippen molar-refractivity contribution < 1.29 is 4.39 Å². The SMILES string of the molecule is Cc1nc2c(F)cc(-c3ccn4nc(NC5CC6(C5)CN(C)C6)ncc34)cc2n1C(C)C. The molecule has 166 valence electrons. The zero-order chi connectivity index (χ0) is 22.2. The Morgan fingerprint density at radius 3 is 2.69 bits per heavy atom. The Bertz CT molecular complexity index is 1340. The molecule has 8 heteroatoms. The summed E-state index contributed by atoms with van der Waals surface area (Å²) < 4.78 is 18.8. The van der Waals surface area contributed by atoms with Crippen LogP contribution < -0.4 is 5.32 Å². The number of aromatic nitrogens is 5. The first-order chi connectivity index (χ1) is 15.3. The molecule has 1 N–H and O–H groups in total. The van der Waals surface area contributed by atoms with Gasteiger partial charge < -0.3 is 14.8 Å². The number of anilines is 1. The summed E-state index contributed by atoms with van der Waals surface area (Å²) in [5.41, 5.74) is 4.31. The Morgan fingerprint density at radius 2 is 1.97 bits per heavy atom. The van der Waals surface area contributed by atoms with Crippen LogP contribution in [0.1, 0.15) is 38.6 Å². The van der Waals surface area contributed by atoms with Crippen LogP contribution in [0.15, 0.2) is 30.6 Å². The smallest absolute Gasteiger partial charge is 0.241 e. The van der Waals surface area contributed by atoms with E-state index in [1.165, 1.54) is 25.9 Å². The monoisotopic (exact) mass is 433 g/mol. The summed E-state index contributed by atoms with van der Waals surface area (Å²) in [6.45, 7) is 8.48. The van der Waals surface area contributed by atoms with Crippen LogP contribution in [-0.4, -0.2) is 55.2 Å². The Hall–Kier alpha value is -3.00. The van der Waals surface area contributed by atoms with E-state index < -0.39 is 0 Å². The zero-order valence-electron chi connectivity index (χ0n) is 18.9. The van der Waals surface area contributed by atoms with E-state index in [9.17, 15) is 4.39 Å². The zero-order valence-corrected chi connectivity index (χ0v) is 18.9. The quantitative estimate of drug-likeness (QED) is 0.520. The molecule has 0 bridgehead atoms. The Balaban J connectivity index is 1.31. The minimum absolute atomic E-state index is 0.198. The van der Waals surface area contributed by atoms with Crippen LogP contribution in [0.5, 0.6) is 0 Å². The van der Waals surface area contributed by atoms with Crippen molar-refractivity contribution in [3.8, 4) is 11.1 Å². The van der Waals surface area contributed by atoms with E-state index in [0.29, 0.717) is 22.9 Å².